The average molecular weight is 614 g/mol. The summed E-state index contributed by atoms with van der Waals surface area (Å²) >= 11 is 0. The van der Waals surface area contributed by atoms with Crippen molar-refractivity contribution in [2.45, 2.75) is 36.6 Å². The average Bonchev–Trinajstić information content (AvgIpc) is 2.74. The number of hydrogen-bond acceptors (Lipinski definition) is 2. The van der Waals surface area contributed by atoms with Crippen molar-refractivity contribution in [2.24, 2.45) is 0 Å². The van der Waals surface area contributed by atoms with Gasteiger partial charge in [0.25, 0.3) is 0 Å². The van der Waals surface area contributed by atoms with Crippen LogP contribution in [0.1, 0.15) is 43.0 Å². The summed E-state index contributed by atoms with van der Waals surface area (Å²) in [7, 11) is 0. The highest BCUT2D eigenvalue weighted by Gasteiger charge is 2.62. The van der Waals surface area contributed by atoms with Crippen LogP contribution in [0.2, 0.25) is 0 Å². The van der Waals surface area contributed by atoms with Gasteiger partial charge >= 0.3 is 48.5 Å². The van der Waals surface area contributed by atoms with Gasteiger partial charge in [-0.05, 0) is 35.4 Å². The third kappa shape index (κ3) is 5.60. The lowest BCUT2D eigenvalue weighted by Gasteiger charge is -2.26. The Hall–Kier alpha value is -3.74. The Balaban J connectivity index is 3.28. The molecule has 0 heterocycles. The Kier molecular flexibility index (Phi) is 7.65. The molecule has 2 aromatic rings. The first-order chi connectivity index (χ1) is 17.6. The van der Waals surface area contributed by atoms with E-state index in [1.807, 2.05) is 0 Å². The molecule has 0 aromatic heterocycles. The maximum Gasteiger partial charge on any atom is 0.458 e. The van der Waals surface area contributed by atoms with Gasteiger partial charge in [0.05, 0.1) is 22.3 Å². The van der Waals surface area contributed by atoms with Crippen molar-refractivity contribution in [3.8, 4) is 11.1 Å². The van der Waals surface area contributed by atoms with Gasteiger partial charge in [-0.25, -0.2) is 9.59 Å². The maximum atomic E-state index is 14.1. The molecule has 0 radical (unpaired) electrons. The molecule has 2 aromatic carbocycles. The number of rotatable bonds is 5. The number of alkyl halides is 16. The quantitative estimate of drug-likeness (QED) is 0.334. The van der Waals surface area contributed by atoms with Crippen molar-refractivity contribution < 1.29 is 90.0 Å². The Morgan fingerprint density at radius 1 is 0.450 bits per heavy atom. The van der Waals surface area contributed by atoms with Crippen LogP contribution in [-0.2, 0) is 24.2 Å². The molecule has 0 amide bonds. The smallest absolute Gasteiger partial charge is 0.458 e. The van der Waals surface area contributed by atoms with Crippen LogP contribution >= 0.6 is 0 Å². The molecule has 0 aliphatic carbocycles. The molecular weight excluding hydrogens is 608 g/mol. The molecule has 222 valence electrons. The second-order valence-corrected chi connectivity index (χ2v) is 7.64. The van der Waals surface area contributed by atoms with Gasteiger partial charge in [0.15, 0.2) is 0 Å². The minimum absolute atomic E-state index is 0.704. The SMILES string of the molecule is O=C(O)c1c(C(F)(F)F)cc(-c2cc(C(F)(F)F)c(C(=O)O)c(C(F)(F)C(F)(F)F)c2)cc1C(F)(F)C(F)(F)F. The normalized spacial score (nSPS) is 13.9. The highest BCUT2D eigenvalue weighted by atomic mass is 19.4. The number of aromatic carboxylic acids is 2. The first-order valence-corrected chi connectivity index (χ1v) is 9.44. The van der Waals surface area contributed by atoms with E-state index in [1.54, 1.807) is 0 Å². The van der Waals surface area contributed by atoms with Gasteiger partial charge in [-0.2, -0.15) is 70.2 Å². The van der Waals surface area contributed by atoms with E-state index in [0.29, 0.717) is 0 Å². The molecule has 0 atom stereocenters. The molecule has 2 N–H and O–H groups in total. The number of benzene rings is 2. The predicted octanol–water partition coefficient (Wildman–Crippen LogP) is 8.10. The Morgan fingerprint density at radius 2 is 0.675 bits per heavy atom. The zero-order valence-electron chi connectivity index (χ0n) is 18.1. The van der Waals surface area contributed by atoms with E-state index in [4.69, 9.17) is 10.2 Å². The summed E-state index contributed by atoms with van der Waals surface area (Å²) in [5.74, 6) is -19.2. The van der Waals surface area contributed by atoms with E-state index in [-0.39, 0.29) is 0 Å². The topological polar surface area (TPSA) is 74.6 Å². The first kappa shape index (κ1) is 32.5. The summed E-state index contributed by atoms with van der Waals surface area (Å²) in [4.78, 5) is 22.5. The second-order valence-electron chi connectivity index (χ2n) is 7.64. The summed E-state index contributed by atoms with van der Waals surface area (Å²) in [6, 6.07) is -3.05. The van der Waals surface area contributed by atoms with Crippen molar-refractivity contribution in [3.05, 3.63) is 57.6 Å². The summed E-state index contributed by atoms with van der Waals surface area (Å²) in [5.41, 5.74) is -21.5. The number of carboxylic acid groups (broad SMARTS) is 2. The lowest BCUT2D eigenvalue weighted by molar-refractivity contribution is -0.289. The van der Waals surface area contributed by atoms with Crippen LogP contribution in [0, 0.1) is 0 Å². The van der Waals surface area contributed by atoms with Crippen molar-refractivity contribution in [3.63, 3.8) is 0 Å². The fourth-order valence-electron chi connectivity index (χ4n) is 3.33. The highest BCUT2D eigenvalue weighted by molar-refractivity contribution is 5.95. The van der Waals surface area contributed by atoms with E-state index >= 15 is 0 Å². The standard InChI is InChI=1S/C20H6F16O4/c21-15(22,19(31,32)33)7-1-5(3-9(17(25,26)27)11(7)13(37)38)6-2-8(16(23,24)20(34,35)36)12(14(39)40)10(4-6)18(28,29)30/h1-4H,(H,37,38)(H,39,40). The number of hydrogen-bond donors (Lipinski definition) is 2. The second kappa shape index (κ2) is 9.43. The van der Waals surface area contributed by atoms with Crippen LogP contribution < -0.4 is 0 Å². The van der Waals surface area contributed by atoms with Gasteiger partial charge in [0.1, 0.15) is 0 Å². The lowest BCUT2D eigenvalue weighted by atomic mass is 9.87. The minimum atomic E-state index is -6.86. The molecule has 20 heteroatoms. The van der Waals surface area contributed by atoms with Gasteiger partial charge in [0.2, 0.25) is 0 Å². The Bertz CT molecular complexity index is 1240. The van der Waals surface area contributed by atoms with Crippen LogP contribution in [0.4, 0.5) is 70.2 Å². The Morgan fingerprint density at radius 3 is 0.850 bits per heavy atom. The fraction of sp³-hybridized carbons (Fsp3) is 0.300. The molecule has 2 rings (SSSR count). The van der Waals surface area contributed by atoms with Gasteiger partial charge in [-0.1, -0.05) is 0 Å². The number of halogens is 16. The lowest BCUT2D eigenvalue weighted by Crippen LogP contribution is -2.36. The summed E-state index contributed by atoms with van der Waals surface area (Å²) < 4.78 is 215. The zero-order chi connectivity index (χ0) is 31.6. The Labute approximate surface area is 208 Å². The molecule has 0 aliphatic heterocycles. The first-order valence-electron chi connectivity index (χ1n) is 9.44. The van der Waals surface area contributed by atoms with Gasteiger partial charge in [-0.15, -0.1) is 0 Å². The minimum Gasteiger partial charge on any atom is -0.478 e. The van der Waals surface area contributed by atoms with Gasteiger partial charge in [0, 0.05) is 11.1 Å². The van der Waals surface area contributed by atoms with E-state index in [0.717, 1.165) is 0 Å². The van der Waals surface area contributed by atoms with Crippen LogP contribution in [0.3, 0.4) is 0 Å². The summed E-state index contributed by atoms with van der Waals surface area (Å²) in [6.07, 6.45) is -26.1. The molecule has 0 aliphatic rings. The predicted molar refractivity (Wildman–Crippen MR) is 95.7 cm³/mol. The molecule has 0 spiro atoms. The molecule has 0 fully saturated rings. The van der Waals surface area contributed by atoms with Gasteiger partial charge < -0.3 is 10.2 Å². The van der Waals surface area contributed by atoms with E-state index in [2.05, 4.69) is 0 Å². The fourth-order valence-corrected chi connectivity index (χ4v) is 3.33. The molecule has 40 heavy (non-hydrogen) atoms. The molecule has 0 saturated heterocycles. The highest BCUT2D eigenvalue weighted by Crippen LogP contribution is 2.51. The van der Waals surface area contributed by atoms with Crippen molar-refractivity contribution in [1.82, 2.24) is 0 Å². The van der Waals surface area contributed by atoms with Crippen LogP contribution in [0.5, 0.6) is 0 Å². The molecule has 0 unspecified atom stereocenters. The number of carbonyl (C=O) groups is 2. The van der Waals surface area contributed by atoms with E-state index in [9.17, 15) is 79.8 Å². The summed E-state index contributed by atoms with van der Waals surface area (Å²) in [5, 5.41) is 17.9. The van der Waals surface area contributed by atoms with E-state index in [1.165, 1.54) is 0 Å². The third-order valence-corrected chi connectivity index (χ3v) is 5.04. The van der Waals surface area contributed by atoms with Gasteiger partial charge in [-0.3, -0.25) is 0 Å². The maximum absolute atomic E-state index is 14.1. The molecule has 0 bridgehead atoms. The van der Waals surface area contributed by atoms with Crippen LogP contribution in [-0.4, -0.2) is 34.5 Å². The van der Waals surface area contributed by atoms with E-state index < -0.39 is 117 Å². The third-order valence-electron chi connectivity index (χ3n) is 5.04. The van der Waals surface area contributed by atoms with Crippen LogP contribution in [0.15, 0.2) is 24.3 Å². The van der Waals surface area contributed by atoms with Crippen molar-refractivity contribution in [1.29, 1.82) is 0 Å². The monoisotopic (exact) mass is 614 g/mol. The largest absolute Gasteiger partial charge is 0.478 e. The molecule has 4 nitrogen and oxygen atoms in total. The molecule has 0 saturated carbocycles. The number of carboxylic acids is 2. The van der Waals surface area contributed by atoms with Crippen molar-refractivity contribution in [2.75, 3.05) is 0 Å². The van der Waals surface area contributed by atoms with Crippen molar-refractivity contribution >= 4 is 11.9 Å². The van der Waals surface area contributed by atoms with Crippen LogP contribution in [0.25, 0.3) is 11.1 Å². The molecular formula is C20H6F16O4. The summed E-state index contributed by atoms with van der Waals surface area (Å²) in [6.45, 7) is 0. The zero-order valence-corrected chi connectivity index (χ0v) is 18.1.